The van der Waals surface area contributed by atoms with Crippen molar-refractivity contribution in [2.45, 2.75) is 45.6 Å². The molecule has 30 heavy (non-hydrogen) atoms. The minimum absolute atomic E-state index is 0.132. The van der Waals surface area contributed by atoms with Gasteiger partial charge in [-0.1, -0.05) is 0 Å². The number of rotatable bonds is 11. The van der Waals surface area contributed by atoms with Crippen molar-refractivity contribution < 1.29 is 28.2 Å². The fourth-order valence-corrected chi connectivity index (χ4v) is 5.31. The quantitative estimate of drug-likeness (QED) is 0.473. The van der Waals surface area contributed by atoms with Gasteiger partial charge in [-0.05, 0) is 57.5 Å². The van der Waals surface area contributed by atoms with Gasteiger partial charge in [0.1, 0.15) is 5.66 Å². The molecule has 2 rings (SSSR count). The minimum Gasteiger partial charge on any atom is -0.502 e. The maximum atomic E-state index is 14.0. The van der Waals surface area contributed by atoms with Gasteiger partial charge in [0, 0.05) is 18.9 Å². The molecule has 9 heteroatoms. The summed E-state index contributed by atoms with van der Waals surface area (Å²) >= 11 is 0. The highest BCUT2D eigenvalue weighted by atomic mass is 31.2. The highest BCUT2D eigenvalue weighted by Gasteiger charge is 2.40. The first-order valence-corrected chi connectivity index (χ1v) is 11.4. The van der Waals surface area contributed by atoms with Gasteiger partial charge < -0.3 is 28.9 Å². The van der Waals surface area contributed by atoms with Gasteiger partial charge in [0.25, 0.3) is 0 Å². The van der Waals surface area contributed by atoms with Crippen LogP contribution < -0.4 is 14.8 Å². The summed E-state index contributed by atoms with van der Waals surface area (Å²) in [6.45, 7) is 7.46. The predicted molar refractivity (Wildman–Crippen MR) is 117 cm³/mol. The Morgan fingerprint density at radius 1 is 1.07 bits per heavy atom. The van der Waals surface area contributed by atoms with Crippen molar-refractivity contribution >= 4 is 13.3 Å². The molecule has 1 unspecified atom stereocenters. The van der Waals surface area contributed by atoms with Crippen LogP contribution in [0, 0.1) is 0 Å². The average Bonchev–Trinajstić information content (AvgIpc) is 2.68. The molecular formula is C21H31N2O6P. The van der Waals surface area contributed by atoms with Crippen molar-refractivity contribution in [3.8, 4) is 17.2 Å². The summed E-state index contributed by atoms with van der Waals surface area (Å²) in [5, 5.41) is 13.5. The molecule has 8 nitrogen and oxygen atoms in total. The van der Waals surface area contributed by atoms with Crippen molar-refractivity contribution in [1.82, 2.24) is 4.98 Å². The summed E-state index contributed by atoms with van der Waals surface area (Å²) in [4.78, 5) is 4.09. The van der Waals surface area contributed by atoms with Crippen LogP contribution in [-0.4, -0.2) is 43.1 Å². The third kappa shape index (κ3) is 6.11. The Morgan fingerprint density at radius 3 is 2.07 bits per heavy atom. The molecule has 0 radical (unpaired) electrons. The Hall–Kier alpha value is -2.28. The average molecular weight is 438 g/mol. The highest BCUT2D eigenvalue weighted by Crippen LogP contribution is 2.63. The van der Waals surface area contributed by atoms with E-state index in [2.05, 4.69) is 10.3 Å². The number of anilines is 1. The van der Waals surface area contributed by atoms with E-state index in [0.29, 0.717) is 5.56 Å². The Balaban J connectivity index is 2.55. The summed E-state index contributed by atoms with van der Waals surface area (Å²) in [5.41, 5.74) is 0.647. The standard InChI is InChI=1S/C21H31N2O6P/c1-14(2)28-30(25,29-15(3)4)20(13-23-17-8-7-9-22-12-17)16-10-18(26-5)21(24)19(11-16)27-6/h7-12,14-15,20,23-24H,13H2,1-6H3. The molecule has 0 spiro atoms. The molecule has 0 aliphatic rings. The maximum Gasteiger partial charge on any atom is 0.340 e. The van der Waals surface area contributed by atoms with Gasteiger partial charge in [-0.2, -0.15) is 0 Å². The van der Waals surface area contributed by atoms with Gasteiger partial charge in [0.15, 0.2) is 11.5 Å². The number of nitrogens with one attached hydrogen (secondary N) is 1. The first-order valence-electron chi connectivity index (χ1n) is 9.75. The van der Waals surface area contributed by atoms with Crippen LogP contribution in [0.25, 0.3) is 0 Å². The molecule has 1 atom stereocenters. The zero-order valence-electron chi connectivity index (χ0n) is 18.3. The smallest absolute Gasteiger partial charge is 0.340 e. The third-order valence-electron chi connectivity index (χ3n) is 4.15. The number of hydrogen-bond acceptors (Lipinski definition) is 8. The normalized spacial score (nSPS) is 12.8. The SMILES string of the molecule is COc1cc(C(CNc2cccnc2)P(=O)(OC(C)C)OC(C)C)cc(OC)c1O. The number of nitrogens with zero attached hydrogens (tertiary/aromatic N) is 1. The number of benzene rings is 1. The molecule has 1 aromatic carbocycles. The molecule has 0 amide bonds. The van der Waals surface area contributed by atoms with Crippen LogP contribution in [0.1, 0.15) is 38.9 Å². The maximum absolute atomic E-state index is 14.0. The van der Waals surface area contributed by atoms with Crippen LogP contribution in [-0.2, 0) is 13.6 Å². The molecule has 0 fully saturated rings. The van der Waals surface area contributed by atoms with Crippen LogP contribution in [0.15, 0.2) is 36.7 Å². The van der Waals surface area contributed by atoms with E-state index >= 15 is 0 Å². The monoisotopic (exact) mass is 438 g/mol. The van der Waals surface area contributed by atoms with Gasteiger partial charge in [-0.25, -0.2) is 0 Å². The number of ether oxygens (including phenoxy) is 2. The molecule has 166 valence electrons. The van der Waals surface area contributed by atoms with Crippen LogP contribution in [0.5, 0.6) is 17.2 Å². The predicted octanol–water partition coefficient (Wildman–Crippen LogP) is 5.00. The molecule has 0 aliphatic carbocycles. The molecule has 2 N–H and O–H groups in total. The summed E-state index contributed by atoms with van der Waals surface area (Å²) in [7, 11) is -0.771. The minimum atomic E-state index is -3.65. The van der Waals surface area contributed by atoms with Crippen molar-refractivity contribution in [2.75, 3.05) is 26.1 Å². The summed E-state index contributed by atoms with van der Waals surface area (Å²) < 4.78 is 36.3. The van der Waals surface area contributed by atoms with E-state index < -0.39 is 13.3 Å². The molecular weight excluding hydrogens is 407 g/mol. The molecule has 1 aromatic heterocycles. The van der Waals surface area contributed by atoms with Crippen molar-refractivity contribution in [3.05, 3.63) is 42.2 Å². The van der Waals surface area contributed by atoms with E-state index in [4.69, 9.17) is 18.5 Å². The number of phenols is 1. The third-order valence-corrected chi connectivity index (χ3v) is 6.82. The van der Waals surface area contributed by atoms with Gasteiger partial charge >= 0.3 is 7.60 Å². The highest BCUT2D eigenvalue weighted by molar-refractivity contribution is 7.54. The Kier molecular flexibility index (Phi) is 8.53. The summed E-state index contributed by atoms with van der Waals surface area (Å²) in [5.74, 6) is 0.278. The van der Waals surface area contributed by atoms with E-state index in [1.165, 1.54) is 14.2 Å². The zero-order valence-corrected chi connectivity index (χ0v) is 19.2. The van der Waals surface area contributed by atoms with Gasteiger partial charge in [-0.3, -0.25) is 9.55 Å². The lowest BCUT2D eigenvalue weighted by molar-refractivity contribution is 0.137. The first kappa shape index (κ1) is 24.0. The summed E-state index contributed by atoms with van der Waals surface area (Å²) in [6, 6.07) is 6.90. The second-order valence-corrected chi connectivity index (χ2v) is 9.39. The van der Waals surface area contributed by atoms with E-state index in [0.717, 1.165) is 5.69 Å². The van der Waals surface area contributed by atoms with Crippen molar-refractivity contribution in [3.63, 3.8) is 0 Å². The molecule has 0 bridgehead atoms. The van der Waals surface area contributed by atoms with E-state index in [1.807, 2.05) is 6.07 Å². The lowest BCUT2D eigenvalue weighted by atomic mass is 10.1. The van der Waals surface area contributed by atoms with Crippen LogP contribution in [0.2, 0.25) is 0 Å². The Morgan fingerprint density at radius 2 is 1.63 bits per heavy atom. The van der Waals surface area contributed by atoms with Crippen LogP contribution in [0.3, 0.4) is 0 Å². The number of hydrogen-bond donors (Lipinski definition) is 2. The fourth-order valence-electron chi connectivity index (χ4n) is 2.96. The lowest BCUT2D eigenvalue weighted by Gasteiger charge is -2.31. The largest absolute Gasteiger partial charge is 0.502 e. The molecule has 0 saturated carbocycles. The second-order valence-electron chi connectivity index (χ2n) is 7.26. The van der Waals surface area contributed by atoms with Gasteiger partial charge in [0.05, 0.1) is 32.1 Å². The molecule has 1 heterocycles. The van der Waals surface area contributed by atoms with E-state index in [9.17, 15) is 9.67 Å². The first-order chi connectivity index (χ1) is 14.2. The molecule has 0 aliphatic heterocycles. The van der Waals surface area contributed by atoms with E-state index in [-0.39, 0.29) is 36.0 Å². The van der Waals surface area contributed by atoms with E-state index in [1.54, 1.807) is 58.3 Å². The van der Waals surface area contributed by atoms with Gasteiger partial charge in [-0.15, -0.1) is 0 Å². The number of aromatic nitrogens is 1. The lowest BCUT2D eigenvalue weighted by Crippen LogP contribution is -2.20. The van der Waals surface area contributed by atoms with Crippen LogP contribution >= 0.6 is 7.60 Å². The Bertz CT molecular complexity index is 821. The number of pyridine rings is 1. The molecule has 0 saturated heterocycles. The molecule has 2 aromatic rings. The fraction of sp³-hybridized carbons (Fsp3) is 0.476. The number of phenolic OH excluding ortho intramolecular Hbond substituents is 1. The number of methoxy groups -OCH3 is 2. The second kappa shape index (κ2) is 10.7. The van der Waals surface area contributed by atoms with Crippen molar-refractivity contribution in [2.24, 2.45) is 0 Å². The topological polar surface area (TPSA) is 99.1 Å². The summed E-state index contributed by atoms with van der Waals surface area (Å²) in [6.07, 6.45) is 2.70. The Labute approximate surface area is 178 Å². The zero-order chi connectivity index (χ0) is 22.3. The van der Waals surface area contributed by atoms with Crippen LogP contribution in [0.4, 0.5) is 5.69 Å². The number of aromatic hydroxyl groups is 1. The van der Waals surface area contributed by atoms with Gasteiger partial charge in [0.2, 0.25) is 5.75 Å². The van der Waals surface area contributed by atoms with Crippen molar-refractivity contribution in [1.29, 1.82) is 0 Å².